The van der Waals surface area contributed by atoms with Gasteiger partial charge in [-0.2, -0.15) is 0 Å². The fourth-order valence-corrected chi connectivity index (χ4v) is 1.69. The number of hydrogen-bond acceptors (Lipinski definition) is 3. The van der Waals surface area contributed by atoms with E-state index in [4.69, 9.17) is 5.11 Å². The topological polar surface area (TPSA) is 63.1 Å². The molecule has 5 heteroatoms. The molecule has 0 aliphatic heterocycles. The molecule has 1 N–H and O–H groups in total. The molecule has 0 saturated carbocycles. The Morgan fingerprint density at radius 3 is 2.82 bits per heavy atom. The molecule has 0 bridgehead atoms. The predicted molar refractivity (Wildman–Crippen MR) is 60.5 cm³/mol. The second-order valence-corrected chi connectivity index (χ2v) is 3.71. The second-order valence-electron chi connectivity index (χ2n) is 3.71. The van der Waals surface area contributed by atoms with E-state index >= 15 is 0 Å². The minimum absolute atomic E-state index is 0.243. The number of aromatic carboxylic acids is 1. The van der Waals surface area contributed by atoms with Gasteiger partial charge in [-0.1, -0.05) is 13.3 Å². The van der Waals surface area contributed by atoms with E-state index in [1.807, 2.05) is 6.92 Å². The number of halogens is 1. The van der Waals surface area contributed by atoms with Crippen molar-refractivity contribution >= 4 is 16.9 Å². The van der Waals surface area contributed by atoms with Crippen molar-refractivity contribution in [3.8, 4) is 0 Å². The van der Waals surface area contributed by atoms with Crippen molar-refractivity contribution < 1.29 is 14.3 Å². The van der Waals surface area contributed by atoms with Gasteiger partial charge in [0, 0.05) is 5.39 Å². The van der Waals surface area contributed by atoms with Crippen molar-refractivity contribution in [1.82, 2.24) is 9.97 Å². The summed E-state index contributed by atoms with van der Waals surface area (Å²) in [5, 5.41) is 9.47. The number of rotatable bonds is 3. The van der Waals surface area contributed by atoms with Crippen LogP contribution in [0.5, 0.6) is 0 Å². The molecule has 0 atom stereocenters. The van der Waals surface area contributed by atoms with Crippen LogP contribution in [0.25, 0.3) is 10.9 Å². The summed E-state index contributed by atoms with van der Waals surface area (Å²) in [5.74, 6) is -1.79. The summed E-state index contributed by atoms with van der Waals surface area (Å²) in [7, 11) is 0. The average molecular weight is 234 g/mol. The minimum Gasteiger partial charge on any atom is -0.475 e. The van der Waals surface area contributed by atoms with E-state index in [1.165, 1.54) is 18.2 Å². The number of aryl methyl sites for hydroxylation is 1. The molecule has 0 aliphatic carbocycles. The quantitative estimate of drug-likeness (QED) is 0.885. The number of fused-ring (bicyclic) bond motifs is 1. The molecular weight excluding hydrogens is 223 g/mol. The third-order valence-electron chi connectivity index (χ3n) is 2.41. The highest BCUT2D eigenvalue weighted by molar-refractivity contribution is 5.88. The molecule has 0 aliphatic rings. The summed E-state index contributed by atoms with van der Waals surface area (Å²) < 4.78 is 13.1. The highest BCUT2D eigenvalue weighted by Crippen LogP contribution is 2.18. The van der Waals surface area contributed by atoms with E-state index < -0.39 is 5.97 Å². The number of nitrogens with zero attached hydrogens (tertiary/aromatic N) is 2. The van der Waals surface area contributed by atoms with Gasteiger partial charge in [0.05, 0.1) is 11.2 Å². The van der Waals surface area contributed by atoms with Crippen LogP contribution in [-0.2, 0) is 6.42 Å². The lowest BCUT2D eigenvalue weighted by Gasteiger charge is -2.05. The summed E-state index contributed by atoms with van der Waals surface area (Å²) in [4.78, 5) is 18.7. The van der Waals surface area contributed by atoms with Crippen LogP contribution in [0.3, 0.4) is 0 Å². The largest absolute Gasteiger partial charge is 0.475 e. The van der Waals surface area contributed by atoms with Crippen molar-refractivity contribution in [3.05, 3.63) is 35.5 Å². The molecule has 0 amide bonds. The number of carbonyl (C=O) groups is 1. The first-order valence-electron chi connectivity index (χ1n) is 5.31. The molecule has 2 rings (SSSR count). The van der Waals surface area contributed by atoms with Crippen molar-refractivity contribution in [2.24, 2.45) is 0 Å². The zero-order chi connectivity index (χ0) is 12.4. The molecule has 1 aromatic heterocycles. The van der Waals surface area contributed by atoms with Gasteiger partial charge in [0.25, 0.3) is 0 Å². The Bertz CT molecular complexity index is 584. The number of carboxylic acids is 1. The van der Waals surface area contributed by atoms with E-state index in [0.717, 1.165) is 6.42 Å². The fraction of sp³-hybridized carbons (Fsp3) is 0.250. The van der Waals surface area contributed by atoms with Crippen molar-refractivity contribution in [2.75, 3.05) is 0 Å². The Balaban J connectivity index is 2.71. The zero-order valence-corrected chi connectivity index (χ0v) is 9.27. The van der Waals surface area contributed by atoms with Crippen LogP contribution in [0.15, 0.2) is 18.2 Å². The third kappa shape index (κ3) is 2.22. The first kappa shape index (κ1) is 11.4. The molecule has 0 radical (unpaired) electrons. The molecule has 4 nitrogen and oxygen atoms in total. The molecule has 1 aromatic carbocycles. The SMILES string of the molecule is CCCc1nc(C(=O)O)nc2ccc(F)cc12. The van der Waals surface area contributed by atoms with Crippen LogP contribution in [-0.4, -0.2) is 21.0 Å². The van der Waals surface area contributed by atoms with E-state index in [2.05, 4.69) is 9.97 Å². The van der Waals surface area contributed by atoms with Crippen molar-refractivity contribution in [3.63, 3.8) is 0 Å². The van der Waals surface area contributed by atoms with Gasteiger partial charge < -0.3 is 5.11 Å². The maximum absolute atomic E-state index is 13.1. The van der Waals surface area contributed by atoms with Gasteiger partial charge in [-0.3, -0.25) is 0 Å². The Hall–Kier alpha value is -2.04. The van der Waals surface area contributed by atoms with Crippen LogP contribution in [0.1, 0.15) is 29.7 Å². The minimum atomic E-state index is -1.17. The maximum atomic E-state index is 13.1. The van der Waals surface area contributed by atoms with Crippen molar-refractivity contribution in [2.45, 2.75) is 19.8 Å². The van der Waals surface area contributed by atoms with Gasteiger partial charge in [0.2, 0.25) is 5.82 Å². The Kier molecular flexibility index (Phi) is 2.99. The molecule has 0 fully saturated rings. The molecular formula is C12H11FN2O2. The van der Waals surface area contributed by atoms with Gasteiger partial charge >= 0.3 is 5.97 Å². The number of aromatic nitrogens is 2. The lowest BCUT2D eigenvalue weighted by Crippen LogP contribution is -2.07. The highest BCUT2D eigenvalue weighted by Gasteiger charge is 2.12. The van der Waals surface area contributed by atoms with Crippen LogP contribution in [0, 0.1) is 5.82 Å². The molecule has 2 aromatic rings. The highest BCUT2D eigenvalue weighted by atomic mass is 19.1. The van der Waals surface area contributed by atoms with Gasteiger partial charge in [0.15, 0.2) is 0 Å². The summed E-state index contributed by atoms with van der Waals surface area (Å²) in [5.41, 5.74) is 1.04. The van der Waals surface area contributed by atoms with E-state index in [1.54, 1.807) is 0 Å². The lowest BCUT2D eigenvalue weighted by atomic mass is 10.1. The van der Waals surface area contributed by atoms with E-state index in [-0.39, 0.29) is 11.6 Å². The maximum Gasteiger partial charge on any atom is 0.373 e. The number of benzene rings is 1. The Morgan fingerprint density at radius 2 is 2.18 bits per heavy atom. The van der Waals surface area contributed by atoms with Crippen molar-refractivity contribution in [1.29, 1.82) is 0 Å². The monoisotopic (exact) mass is 234 g/mol. The Labute approximate surface area is 97.1 Å². The molecule has 17 heavy (non-hydrogen) atoms. The van der Waals surface area contributed by atoms with Gasteiger partial charge in [-0.05, 0) is 24.6 Å². The number of hydrogen-bond donors (Lipinski definition) is 1. The van der Waals surface area contributed by atoms with Crippen LogP contribution >= 0.6 is 0 Å². The molecule has 88 valence electrons. The zero-order valence-electron chi connectivity index (χ0n) is 9.27. The molecule has 0 saturated heterocycles. The Morgan fingerprint density at radius 1 is 1.41 bits per heavy atom. The standard InChI is InChI=1S/C12H11FN2O2/c1-2-3-9-8-6-7(13)4-5-10(8)15-11(14-9)12(16)17/h4-6H,2-3H2,1H3,(H,16,17). The average Bonchev–Trinajstić information content (AvgIpc) is 2.29. The second kappa shape index (κ2) is 4.45. The summed E-state index contributed by atoms with van der Waals surface area (Å²) >= 11 is 0. The van der Waals surface area contributed by atoms with Crippen LogP contribution in [0.4, 0.5) is 4.39 Å². The van der Waals surface area contributed by atoms with Crippen LogP contribution < -0.4 is 0 Å². The predicted octanol–water partition coefficient (Wildman–Crippen LogP) is 2.42. The lowest BCUT2D eigenvalue weighted by molar-refractivity contribution is 0.0683. The third-order valence-corrected chi connectivity index (χ3v) is 2.41. The fourth-order valence-electron chi connectivity index (χ4n) is 1.69. The van der Waals surface area contributed by atoms with Gasteiger partial charge in [-0.15, -0.1) is 0 Å². The van der Waals surface area contributed by atoms with E-state index in [0.29, 0.717) is 23.0 Å². The van der Waals surface area contributed by atoms with Crippen LogP contribution in [0.2, 0.25) is 0 Å². The molecule has 0 unspecified atom stereocenters. The summed E-state index contributed by atoms with van der Waals surface area (Å²) in [6.45, 7) is 1.95. The smallest absolute Gasteiger partial charge is 0.373 e. The van der Waals surface area contributed by atoms with Gasteiger partial charge in [-0.25, -0.2) is 19.2 Å². The first-order valence-corrected chi connectivity index (χ1v) is 5.31. The molecule has 1 heterocycles. The summed E-state index contributed by atoms with van der Waals surface area (Å²) in [6.07, 6.45) is 1.41. The first-order chi connectivity index (χ1) is 8.11. The number of carboxylic acid groups (broad SMARTS) is 1. The summed E-state index contributed by atoms with van der Waals surface area (Å²) in [6, 6.07) is 4.07. The van der Waals surface area contributed by atoms with Gasteiger partial charge in [0.1, 0.15) is 5.82 Å². The molecule has 0 spiro atoms. The normalized spacial score (nSPS) is 10.7. The van der Waals surface area contributed by atoms with E-state index in [9.17, 15) is 9.18 Å².